The zero-order valence-electron chi connectivity index (χ0n) is 16.7. The molecule has 2 aliphatic carbocycles. The van der Waals surface area contributed by atoms with Crippen molar-refractivity contribution in [2.75, 3.05) is 0 Å². The normalized spacial score (nSPS) is 19.7. The summed E-state index contributed by atoms with van der Waals surface area (Å²) in [6.45, 7) is 2.38. The van der Waals surface area contributed by atoms with Gasteiger partial charge in [-0.15, -0.1) is 0 Å². The van der Waals surface area contributed by atoms with Crippen molar-refractivity contribution in [3.05, 3.63) is 101 Å². The average Bonchev–Trinajstić information content (AvgIpc) is 3.16. The van der Waals surface area contributed by atoms with Crippen LogP contribution in [-0.2, 0) is 17.9 Å². The van der Waals surface area contributed by atoms with Gasteiger partial charge < -0.3 is 0 Å². The summed E-state index contributed by atoms with van der Waals surface area (Å²) >= 11 is -3.20. The second kappa shape index (κ2) is 5.75. The Hall–Kier alpha value is -1.50. The van der Waals surface area contributed by atoms with Crippen LogP contribution in [0, 0.1) is 0 Å². The number of fused-ring (bicyclic) bond motifs is 4. The molecule has 0 N–H and O–H groups in total. The van der Waals surface area contributed by atoms with E-state index in [0.29, 0.717) is 7.25 Å². The van der Waals surface area contributed by atoms with Crippen LogP contribution in [0.5, 0.6) is 0 Å². The number of benzene rings is 3. The van der Waals surface area contributed by atoms with Crippen LogP contribution in [0.1, 0.15) is 36.4 Å². The van der Waals surface area contributed by atoms with E-state index < -0.39 is 17.9 Å². The molecule has 0 aliphatic heterocycles. The van der Waals surface area contributed by atoms with E-state index in [-0.39, 0.29) is 0 Å². The first-order valence-electron chi connectivity index (χ1n) is 10.0. The van der Waals surface area contributed by atoms with Gasteiger partial charge in [-0.2, -0.15) is 0 Å². The molecule has 0 nitrogen and oxygen atoms in total. The molecule has 0 amide bonds. The van der Waals surface area contributed by atoms with Gasteiger partial charge in [-0.25, -0.2) is 0 Å². The number of rotatable bonds is 2. The molecular weight excluding hydrogens is 420 g/mol. The molecule has 1 unspecified atom stereocenters. The predicted octanol–water partition coefficient (Wildman–Crippen LogP) is 5.98. The third-order valence-corrected chi connectivity index (χ3v) is 27.4. The van der Waals surface area contributed by atoms with Gasteiger partial charge in [-0.05, 0) is 0 Å². The number of hydrogen-bond donors (Lipinski definition) is 0. The standard InChI is InChI=1S/C13H9.C10H9.2CH3.H3Si.Zr/c1-3-7-12-10(5-1)9-11-6-2-4-8-13(11)12;1-8-6-9-4-2-3-5-10(9)7-8;;;;/h1-9H;2-7H,1H3;3*1H3;. The number of hydrogen-bond acceptors (Lipinski definition) is 0. The fraction of sp³-hybridized carbons (Fsp3) is 0.200. The molecule has 3 aromatic carbocycles. The van der Waals surface area contributed by atoms with Gasteiger partial charge in [0, 0.05) is 0 Å². The molecule has 27 heavy (non-hydrogen) atoms. The van der Waals surface area contributed by atoms with Crippen LogP contribution in [0.2, 0.25) is 9.26 Å². The fourth-order valence-corrected chi connectivity index (χ4v) is 29.6. The Balaban J connectivity index is 1.78. The first kappa shape index (κ1) is 17.6. The second-order valence-corrected chi connectivity index (χ2v) is 48.2. The molecule has 0 aromatic heterocycles. The molecule has 0 saturated carbocycles. The van der Waals surface area contributed by atoms with Crippen molar-refractivity contribution in [3.63, 3.8) is 0 Å². The Bertz CT molecular complexity index is 1050. The molecule has 135 valence electrons. The van der Waals surface area contributed by atoms with Crippen molar-refractivity contribution in [2.45, 2.75) is 23.4 Å². The molecular formula is C25H27SiZr. The van der Waals surface area contributed by atoms with E-state index in [4.69, 9.17) is 0 Å². The van der Waals surface area contributed by atoms with Gasteiger partial charge in [0.05, 0.1) is 0 Å². The summed E-state index contributed by atoms with van der Waals surface area (Å²) in [5.41, 5.74) is 10.8. The Morgan fingerprint density at radius 3 is 1.74 bits per heavy atom. The maximum atomic E-state index is 2.75. The first-order chi connectivity index (χ1) is 12.9. The average molecular weight is 447 g/mol. The summed E-state index contributed by atoms with van der Waals surface area (Å²) < 4.78 is 6.80. The molecule has 1 atom stereocenters. The van der Waals surface area contributed by atoms with E-state index in [9.17, 15) is 0 Å². The van der Waals surface area contributed by atoms with Gasteiger partial charge in [0.2, 0.25) is 0 Å². The third-order valence-electron chi connectivity index (χ3n) is 7.04. The monoisotopic (exact) mass is 445 g/mol. The van der Waals surface area contributed by atoms with Gasteiger partial charge in [0.1, 0.15) is 0 Å². The molecule has 0 heterocycles. The SMILES string of the molecule is CC1=Cc2ccccc2[CH]1[Zr]([CH3])([CH3])([SiH3])[CH]1c2ccccc2-c2ccccc21. The molecule has 0 spiro atoms. The van der Waals surface area contributed by atoms with Crippen molar-refractivity contribution in [2.24, 2.45) is 0 Å². The van der Waals surface area contributed by atoms with Gasteiger partial charge in [0.25, 0.3) is 0 Å². The minimum atomic E-state index is -3.20. The van der Waals surface area contributed by atoms with Gasteiger partial charge in [0.15, 0.2) is 0 Å². The molecule has 0 radical (unpaired) electrons. The summed E-state index contributed by atoms with van der Waals surface area (Å²) in [6, 6.07) is 27.5. The van der Waals surface area contributed by atoms with Gasteiger partial charge in [-0.3, -0.25) is 0 Å². The summed E-state index contributed by atoms with van der Waals surface area (Å²) in [5.74, 6) is 0. The van der Waals surface area contributed by atoms with E-state index in [0.717, 1.165) is 0 Å². The summed E-state index contributed by atoms with van der Waals surface area (Å²) in [5, 5.41) is 0. The maximum absolute atomic E-state index is 3.20. The summed E-state index contributed by atoms with van der Waals surface area (Å²) in [6.07, 6.45) is 2.46. The summed E-state index contributed by atoms with van der Waals surface area (Å²) in [4.78, 5) is 0. The van der Waals surface area contributed by atoms with E-state index in [1.165, 1.54) is 24.1 Å². The molecule has 5 rings (SSSR count). The van der Waals surface area contributed by atoms with Crippen LogP contribution in [0.3, 0.4) is 0 Å². The van der Waals surface area contributed by atoms with Crippen LogP contribution in [0.15, 0.2) is 78.4 Å². The zero-order valence-corrected chi connectivity index (χ0v) is 21.1. The quantitative estimate of drug-likeness (QED) is 0.425. The predicted molar refractivity (Wildman–Crippen MR) is 118 cm³/mol. The topological polar surface area (TPSA) is 0 Å². The fourth-order valence-electron chi connectivity index (χ4n) is 6.28. The molecule has 0 bridgehead atoms. The van der Waals surface area contributed by atoms with Crippen molar-refractivity contribution in [1.29, 1.82) is 0 Å². The Kier molecular flexibility index (Phi) is 3.75. The van der Waals surface area contributed by atoms with Gasteiger partial charge in [-0.1, -0.05) is 0 Å². The van der Waals surface area contributed by atoms with E-state index in [1.54, 1.807) is 22.3 Å². The molecule has 0 fully saturated rings. The summed E-state index contributed by atoms with van der Waals surface area (Å²) in [7, 11) is 1.30. The second-order valence-electron chi connectivity index (χ2n) is 9.96. The van der Waals surface area contributed by atoms with E-state index >= 15 is 0 Å². The van der Waals surface area contributed by atoms with Crippen molar-refractivity contribution in [1.82, 2.24) is 0 Å². The Labute approximate surface area is 165 Å². The van der Waals surface area contributed by atoms with Crippen LogP contribution in [0.25, 0.3) is 17.2 Å². The van der Waals surface area contributed by atoms with Crippen LogP contribution in [0.4, 0.5) is 0 Å². The number of allylic oxidation sites excluding steroid dienone is 1. The van der Waals surface area contributed by atoms with Crippen molar-refractivity contribution >= 4 is 13.4 Å². The van der Waals surface area contributed by atoms with Crippen molar-refractivity contribution < 1.29 is 17.9 Å². The minimum absolute atomic E-state index is 0.630. The van der Waals surface area contributed by atoms with Gasteiger partial charge >= 0.3 is 167 Å². The van der Waals surface area contributed by atoms with Crippen LogP contribution >= 0.6 is 0 Å². The van der Waals surface area contributed by atoms with E-state index in [2.05, 4.69) is 95.1 Å². The van der Waals surface area contributed by atoms with Crippen LogP contribution < -0.4 is 0 Å². The molecule has 3 aromatic rings. The molecule has 2 aliphatic rings. The third kappa shape index (κ3) is 2.43. The molecule has 2 heteroatoms. The van der Waals surface area contributed by atoms with Crippen LogP contribution in [-0.4, -0.2) is 7.37 Å². The van der Waals surface area contributed by atoms with E-state index in [1.807, 2.05) is 0 Å². The van der Waals surface area contributed by atoms with Crippen molar-refractivity contribution in [3.8, 4) is 11.1 Å². The first-order valence-corrected chi connectivity index (χ1v) is 26.2. The zero-order chi connectivity index (χ0) is 18.8. The Morgan fingerprint density at radius 2 is 1.15 bits per heavy atom. The molecule has 0 saturated heterocycles. The Morgan fingerprint density at radius 1 is 0.667 bits per heavy atom.